The highest BCUT2D eigenvalue weighted by Gasteiger charge is 2.28. The van der Waals surface area contributed by atoms with E-state index in [0.29, 0.717) is 35.4 Å². The Kier molecular flexibility index (Phi) is 7.02. The first-order chi connectivity index (χ1) is 18.7. The first-order valence-corrected chi connectivity index (χ1v) is 12.5. The van der Waals surface area contributed by atoms with E-state index < -0.39 is 17.6 Å². The molecule has 0 fully saturated rings. The fourth-order valence-corrected chi connectivity index (χ4v) is 4.94. The van der Waals surface area contributed by atoms with Crippen molar-refractivity contribution in [2.75, 3.05) is 0 Å². The molecule has 1 aliphatic rings. The second-order valence-corrected chi connectivity index (χ2v) is 9.61. The molecule has 39 heavy (non-hydrogen) atoms. The zero-order valence-corrected chi connectivity index (χ0v) is 21.7. The van der Waals surface area contributed by atoms with Crippen LogP contribution in [0.5, 0.6) is 0 Å². The van der Waals surface area contributed by atoms with Crippen molar-refractivity contribution in [3.05, 3.63) is 93.4 Å². The molecule has 4 aromatic rings. The molecule has 2 heterocycles. The monoisotopic (exact) mass is 530 g/mol. The molecular formula is C29H27FN4O5. The highest BCUT2D eigenvalue weighted by Crippen LogP contribution is 2.30. The normalized spacial score (nSPS) is 13.8. The molecule has 0 saturated heterocycles. The summed E-state index contributed by atoms with van der Waals surface area (Å²) in [6.45, 7) is 5.70. The molecule has 1 aliphatic carbocycles. The van der Waals surface area contributed by atoms with Crippen molar-refractivity contribution in [2.24, 2.45) is 5.10 Å². The standard InChI is InChI=1S/C29H27FN4O5/c1-15-11-16(2)25-19(14-38-23(25)12-15)13-24(35)32-31-21-5-4-6-22-26(21)17(3)27(39-22)29(37)34-33-28(36)18-7-9-20(30)10-8-18/h7-12,14H,4-6,13H2,1-3H3,(H,32,35)(H,33,36)(H,34,37)/b31-21+. The van der Waals surface area contributed by atoms with Crippen LogP contribution in [-0.4, -0.2) is 23.4 Å². The van der Waals surface area contributed by atoms with E-state index in [-0.39, 0.29) is 23.7 Å². The van der Waals surface area contributed by atoms with Crippen molar-refractivity contribution in [1.82, 2.24) is 16.3 Å². The van der Waals surface area contributed by atoms with Gasteiger partial charge in [-0.05, 0) is 75.1 Å². The van der Waals surface area contributed by atoms with Crippen LogP contribution in [0.1, 0.15) is 67.3 Å². The average molecular weight is 531 g/mol. The van der Waals surface area contributed by atoms with E-state index >= 15 is 0 Å². The number of furan rings is 2. The molecule has 0 bridgehead atoms. The van der Waals surface area contributed by atoms with Gasteiger partial charge in [0.1, 0.15) is 17.2 Å². The third kappa shape index (κ3) is 5.31. The van der Waals surface area contributed by atoms with E-state index in [2.05, 4.69) is 21.4 Å². The van der Waals surface area contributed by atoms with Crippen molar-refractivity contribution in [1.29, 1.82) is 0 Å². The molecule has 0 radical (unpaired) electrons. The van der Waals surface area contributed by atoms with Crippen LogP contribution in [0, 0.1) is 26.6 Å². The zero-order valence-electron chi connectivity index (χ0n) is 21.7. The molecule has 3 N–H and O–H groups in total. The van der Waals surface area contributed by atoms with Gasteiger partial charge in [0, 0.05) is 34.1 Å². The van der Waals surface area contributed by atoms with E-state index in [1.807, 2.05) is 26.0 Å². The number of aryl methyl sites for hydroxylation is 3. The van der Waals surface area contributed by atoms with E-state index in [1.165, 1.54) is 12.1 Å². The van der Waals surface area contributed by atoms with Crippen molar-refractivity contribution < 1.29 is 27.6 Å². The third-order valence-electron chi connectivity index (χ3n) is 6.69. The second-order valence-electron chi connectivity index (χ2n) is 9.61. The van der Waals surface area contributed by atoms with Crippen LogP contribution in [0.15, 0.2) is 56.6 Å². The number of amides is 3. The van der Waals surface area contributed by atoms with E-state index in [1.54, 1.807) is 13.2 Å². The zero-order chi connectivity index (χ0) is 27.7. The Balaban J connectivity index is 1.27. The smallest absolute Gasteiger partial charge is 0.305 e. The summed E-state index contributed by atoms with van der Waals surface area (Å²) in [4.78, 5) is 37.8. The summed E-state index contributed by atoms with van der Waals surface area (Å²) in [6, 6.07) is 8.91. The van der Waals surface area contributed by atoms with Gasteiger partial charge in [-0.15, -0.1) is 0 Å². The number of nitrogens with one attached hydrogen (secondary N) is 3. The number of hydrazone groups is 1. The molecule has 10 heteroatoms. The van der Waals surface area contributed by atoms with Gasteiger partial charge in [0.05, 0.1) is 18.4 Å². The Morgan fingerprint density at radius 2 is 1.74 bits per heavy atom. The number of rotatable bonds is 5. The van der Waals surface area contributed by atoms with Gasteiger partial charge in [-0.1, -0.05) is 6.07 Å². The number of benzene rings is 2. The third-order valence-corrected chi connectivity index (χ3v) is 6.69. The van der Waals surface area contributed by atoms with Crippen molar-refractivity contribution in [2.45, 2.75) is 46.5 Å². The van der Waals surface area contributed by atoms with Gasteiger partial charge in [-0.2, -0.15) is 5.10 Å². The maximum Gasteiger partial charge on any atom is 0.305 e. The van der Waals surface area contributed by atoms with Crippen LogP contribution in [0.25, 0.3) is 11.0 Å². The molecule has 2 aromatic carbocycles. The number of hydrogen-bond acceptors (Lipinski definition) is 6. The molecule has 0 aliphatic heterocycles. The second kappa shape index (κ2) is 10.6. The lowest BCUT2D eigenvalue weighted by Gasteiger charge is -2.13. The van der Waals surface area contributed by atoms with Gasteiger partial charge in [0.25, 0.3) is 5.91 Å². The number of fused-ring (bicyclic) bond motifs is 2. The molecular weight excluding hydrogens is 503 g/mol. The lowest BCUT2D eigenvalue weighted by atomic mass is 9.93. The molecule has 0 unspecified atom stereocenters. The highest BCUT2D eigenvalue weighted by atomic mass is 19.1. The van der Waals surface area contributed by atoms with Crippen molar-refractivity contribution in [3.8, 4) is 0 Å². The summed E-state index contributed by atoms with van der Waals surface area (Å²) in [5.74, 6) is -1.37. The maximum absolute atomic E-state index is 13.1. The van der Waals surface area contributed by atoms with Crippen LogP contribution >= 0.6 is 0 Å². The number of halogens is 1. The lowest BCUT2D eigenvalue weighted by Crippen LogP contribution is -2.41. The Labute approximate surface area is 223 Å². The quantitative estimate of drug-likeness (QED) is 0.326. The predicted octanol–water partition coefficient (Wildman–Crippen LogP) is 4.56. The van der Waals surface area contributed by atoms with Crippen LogP contribution in [0.2, 0.25) is 0 Å². The number of nitrogens with zero attached hydrogens (tertiary/aromatic N) is 1. The summed E-state index contributed by atoms with van der Waals surface area (Å²) in [5, 5.41) is 5.30. The summed E-state index contributed by atoms with van der Waals surface area (Å²) in [7, 11) is 0. The average Bonchev–Trinajstić information content (AvgIpc) is 3.47. The predicted molar refractivity (Wildman–Crippen MR) is 142 cm³/mol. The van der Waals surface area contributed by atoms with Gasteiger partial charge in [-0.3, -0.25) is 25.2 Å². The van der Waals surface area contributed by atoms with Crippen LogP contribution < -0.4 is 16.3 Å². The molecule has 0 saturated carbocycles. The molecule has 0 spiro atoms. The SMILES string of the molecule is Cc1cc(C)c2c(CC(=O)N/N=C3\CCCc4oc(C(=O)NNC(=O)c5ccc(F)cc5)c(C)c43)coc2c1. The Hall–Kier alpha value is -4.73. The summed E-state index contributed by atoms with van der Waals surface area (Å²) >= 11 is 0. The van der Waals surface area contributed by atoms with Crippen LogP contribution in [0.4, 0.5) is 4.39 Å². The van der Waals surface area contributed by atoms with Crippen LogP contribution in [-0.2, 0) is 17.6 Å². The first-order valence-electron chi connectivity index (χ1n) is 12.5. The summed E-state index contributed by atoms with van der Waals surface area (Å²) in [6.07, 6.45) is 3.65. The number of hydrazine groups is 1. The van der Waals surface area contributed by atoms with Gasteiger partial charge >= 0.3 is 5.91 Å². The molecule has 200 valence electrons. The largest absolute Gasteiger partial charge is 0.464 e. The van der Waals surface area contributed by atoms with Gasteiger partial charge in [-0.25, -0.2) is 9.82 Å². The molecule has 5 rings (SSSR count). The fraction of sp³-hybridized carbons (Fsp3) is 0.241. The highest BCUT2D eigenvalue weighted by molar-refractivity contribution is 6.07. The van der Waals surface area contributed by atoms with E-state index in [0.717, 1.165) is 46.2 Å². The first kappa shape index (κ1) is 25.9. The number of carbonyl (C=O) groups excluding carboxylic acids is 3. The lowest BCUT2D eigenvalue weighted by molar-refractivity contribution is -0.120. The van der Waals surface area contributed by atoms with Crippen molar-refractivity contribution >= 4 is 34.4 Å². The molecule has 9 nitrogen and oxygen atoms in total. The van der Waals surface area contributed by atoms with Crippen molar-refractivity contribution in [3.63, 3.8) is 0 Å². The minimum atomic E-state index is -0.641. The fourth-order valence-electron chi connectivity index (χ4n) is 4.94. The molecule has 2 aromatic heterocycles. The Morgan fingerprint density at radius 1 is 1.00 bits per heavy atom. The summed E-state index contributed by atoms with van der Waals surface area (Å²) < 4.78 is 24.6. The number of hydrogen-bond donors (Lipinski definition) is 3. The van der Waals surface area contributed by atoms with Crippen LogP contribution in [0.3, 0.4) is 0 Å². The number of carbonyl (C=O) groups is 3. The topological polar surface area (TPSA) is 126 Å². The maximum atomic E-state index is 13.1. The van der Waals surface area contributed by atoms with Gasteiger partial charge < -0.3 is 8.83 Å². The Morgan fingerprint density at radius 3 is 2.51 bits per heavy atom. The minimum Gasteiger partial charge on any atom is -0.464 e. The van der Waals surface area contributed by atoms with Gasteiger partial charge in [0.15, 0.2) is 5.76 Å². The van der Waals surface area contributed by atoms with Gasteiger partial charge in [0.2, 0.25) is 5.91 Å². The van der Waals surface area contributed by atoms with E-state index in [9.17, 15) is 18.8 Å². The molecule has 3 amide bonds. The minimum absolute atomic E-state index is 0.0379. The molecule has 0 atom stereocenters. The van der Waals surface area contributed by atoms with E-state index in [4.69, 9.17) is 8.83 Å². The Bertz CT molecular complexity index is 1630. The summed E-state index contributed by atoms with van der Waals surface area (Å²) in [5.41, 5.74) is 13.0.